The average Bonchev–Trinajstić information content (AvgIpc) is 2.79. The Morgan fingerprint density at radius 1 is 0.935 bits per heavy atom. The maximum atomic E-state index is 12.8. The molecule has 0 aromatic heterocycles. The van der Waals surface area contributed by atoms with E-state index >= 15 is 0 Å². The molecule has 5 nitrogen and oxygen atoms in total. The summed E-state index contributed by atoms with van der Waals surface area (Å²) >= 11 is 0. The Hall–Kier alpha value is -2.66. The number of aryl methyl sites for hydroxylation is 1. The highest BCUT2D eigenvalue weighted by Crippen LogP contribution is 2.25. The van der Waals surface area contributed by atoms with Gasteiger partial charge in [-0.3, -0.25) is 14.5 Å². The number of nitrogens with zero attached hydrogens (tertiary/aromatic N) is 2. The van der Waals surface area contributed by atoms with Crippen LogP contribution in [0.4, 0.5) is 0 Å². The summed E-state index contributed by atoms with van der Waals surface area (Å²) in [6, 6.07) is 13.7. The molecule has 0 radical (unpaired) electrons. The van der Waals surface area contributed by atoms with Gasteiger partial charge in [0.2, 0.25) is 0 Å². The normalized spacial score (nSPS) is 16.8. The molecule has 164 valence electrons. The van der Waals surface area contributed by atoms with Crippen molar-refractivity contribution in [3.05, 3.63) is 64.7 Å². The van der Waals surface area contributed by atoms with Crippen LogP contribution >= 0.6 is 0 Å². The van der Waals surface area contributed by atoms with Crippen LogP contribution in [0.5, 0.6) is 5.75 Å². The number of benzene rings is 2. The summed E-state index contributed by atoms with van der Waals surface area (Å²) in [5.74, 6) is 0.260. The standard InChI is InChI=1S/C26H32N2O3/c1-19(2)27-14-16-28(17-15-27)26(30)21-10-12-23(13-11-21)31-25(29)18-22-8-5-7-20-6-3-4-9-24(20)22/h5,7-8,10-13,19H,3-4,6,9,14-18H2,1-2H3. The first-order chi connectivity index (χ1) is 15.0. The second-order valence-corrected chi connectivity index (χ2v) is 8.86. The topological polar surface area (TPSA) is 49.9 Å². The van der Waals surface area contributed by atoms with Crippen molar-refractivity contribution in [1.82, 2.24) is 9.80 Å². The molecule has 0 spiro atoms. The van der Waals surface area contributed by atoms with Crippen molar-refractivity contribution >= 4 is 11.9 Å². The fourth-order valence-corrected chi connectivity index (χ4v) is 4.64. The second kappa shape index (κ2) is 9.65. The van der Waals surface area contributed by atoms with E-state index in [1.54, 1.807) is 24.3 Å². The van der Waals surface area contributed by atoms with E-state index in [1.807, 2.05) is 17.0 Å². The van der Waals surface area contributed by atoms with Crippen LogP contribution in [0.3, 0.4) is 0 Å². The number of piperazine rings is 1. The maximum Gasteiger partial charge on any atom is 0.315 e. The van der Waals surface area contributed by atoms with Crippen molar-refractivity contribution in [2.24, 2.45) is 0 Å². The molecule has 1 heterocycles. The van der Waals surface area contributed by atoms with E-state index in [2.05, 4.69) is 24.8 Å². The fourth-order valence-electron chi connectivity index (χ4n) is 4.64. The van der Waals surface area contributed by atoms with Gasteiger partial charge in [0.25, 0.3) is 5.91 Å². The molecule has 1 aliphatic carbocycles. The molecule has 2 aromatic rings. The molecule has 5 heteroatoms. The molecular weight excluding hydrogens is 388 g/mol. The molecule has 2 aromatic carbocycles. The van der Waals surface area contributed by atoms with E-state index in [9.17, 15) is 9.59 Å². The third kappa shape index (κ3) is 5.16. The molecule has 1 saturated heterocycles. The lowest BCUT2D eigenvalue weighted by atomic mass is 9.87. The molecular formula is C26H32N2O3. The van der Waals surface area contributed by atoms with E-state index in [-0.39, 0.29) is 18.3 Å². The first kappa shape index (κ1) is 21.6. The lowest BCUT2D eigenvalue weighted by molar-refractivity contribution is -0.133. The largest absolute Gasteiger partial charge is 0.426 e. The van der Waals surface area contributed by atoms with Gasteiger partial charge < -0.3 is 9.64 Å². The Balaban J connectivity index is 1.34. The second-order valence-electron chi connectivity index (χ2n) is 8.86. The van der Waals surface area contributed by atoms with E-state index in [0.717, 1.165) is 44.6 Å². The van der Waals surface area contributed by atoms with Crippen molar-refractivity contribution in [1.29, 1.82) is 0 Å². The van der Waals surface area contributed by atoms with Gasteiger partial charge in [0, 0.05) is 37.8 Å². The summed E-state index contributed by atoms with van der Waals surface area (Å²) in [6.07, 6.45) is 4.83. The van der Waals surface area contributed by atoms with E-state index in [0.29, 0.717) is 17.4 Å². The van der Waals surface area contributed by atoms with Crippen LogP contribution in [0.1, 0.15) is 53.7 Å². The van der Waals surface area contributed by atoms with Crippen molar-refractivity contribution < 1.29 is 14.3 Å². The Kier molecular flexibility index (Phi) is 6.71. The predicted octanol–water partition coefficient (Wildman–Crippen LogP) is 3.88. The molecule has 1 fully saturated rings. The number of ether oxygens (including phenoxy) is 1. The highest BCUT2D eigenvalue weighted by atomic mass is 16.5. The number of hydrogen-bond donors (Lipinski definition) is 0. The molecule has 1 aliphatic heterocycles. The third-order valence-electron chi connectivity index (χ3n) is 6.49. The Morgan fingerprint density at radius 2 is 1.65 bits per heavy atom. The van der Waals surface area contributed by atoms with Crippen LogP contribution in [-0.2, 0) is 24.1 Å². The molecule has 4 rings (SSSR count). The maximum absolute atomic E-state index is 12.8. The van der Waals surface area contributed by atoms with Crippen LogP contribution in [0, 0.1) is 0 Å². The molecule has 0 N–H and O–H groups in total. The lowest BCUT2D eigenvalue weighted by Crippen LogP contribution is -2.50. The minimum Gasteiger partial charge on any atom is -0.426 e. The average molecular weight is 421 g/mol. The fraction of sp³-hybridized carbons (Fsp3) is 0.462. The summed E-state index contributed by atoms with van der Waals surface area (Å²) in [7, 11) is 0. The van der Waals surface area contributed by atoms with Gasteiger partial charge in [0.15, 0.2) is 0 Å². The molecule has 31 heavy (non-hydrogen) atoms. The Labute approximate surface area is 185 Å². The van der Waals surface area contributed by atoms with Crippen LogP contribution in [0.2, 0.25) is 0 Å². The molecule has 2 aliphatic rings. The van der Waals surface area contributed by atoms with Gasteiger partial charge in [0.1, 0.15) is 5.75 Å². The lowest BCUT2D eigenvalue weighted by Gasteiger charge is -2.37. The number of rotatable bonds is 5. The van der Waals surface area contributed by atoms with Crippen LogP contribution < -0.4 is 4.74 Å². The minimum absolute atomic E-state index is 0.0391. The number of fused-ring (bicyclic) bond motifs is 1. The number of hydrogen-bond acceptors (Lipinski definition) is 4. The molecule has 0 atom stereocenters. The number of esters is 1. The van der Waals surface area contributed by atoms with Gasteiger partial charge >= 0.3 is 5.97 Å². The van der Waals surface area contributed by atoms with Crippen molar-refractivity contribution in [2.45, 2.75) is 52.0 Å². The minimum atomic E-state index is -0.261. The summed E-state index contributed by atoms with van der Waals surface area (Å²) < 4.78 is 5.56. The number of carbonyl (C=O) groups excluding carboxylic acids is 2. The quantitative estimate of drug-likeness (QED) is 0.544. The van der Waals surface area contributed by atoms with Crippen molar-refractivity contribution in [2.75, 3.05) is 26.2 Å². The highest BCUT2D eigenvalue weighted by Gasteiger charge is 2.23. The Morgan fingerprint density at radius 3 is 2.35 bits per heavy atom. The smallest absolute Gasteiger partial charge is 0.315 e. The van der Waals surface area contributed by atoms with E-state index < -0.39 is 0 Å². The number of amides is 1. The van der Waals surface area contributed by atoms with Gasteiger partial charge in [-0.25, -0.2) is 0 Å². The van der Waals surface area contributed by atoms with E-state index in [4.69, 9.17) is 4.74 Å². The van der Waals surface area contributed by atoms with Crippen LogP contribution in [0.25, 0.3) is 0 Å². The zero-order valence-electron chi connectivity index (χ0n) is 18.6. The SMILES string of the molecule is CC(C)N1CCN(C(=O)c2ccc(OC(=O)Cc3cccc4c3CCCC4)cc2)CC1. The summed E-state index contributed by atoms with van der Waals surface area (Å²) in [5.41, 5.74) is 4.40. The molecule has 0 bridgehead atoms. The van der Waals surface area contributed by atoms with Crippen LogP contribution in [-0.4, -0.2) is 53.9 Å². The molecule has 0 unspecified atom stereocenters. The first-order valence-corrected chi connectivity index (χ1v) is 11.4. The molecule has 1 amide bonds. The highest BCUT2D eigenvalue weighted by molar-refractivity contribution is 5.94. The number of carbonyl (C=O) groups is 2. The van der Waals surface area contributed by atoms with Gasteiger partial charge in [-0.05, 0) is 80.5 Å². The van der Waals surface area contributed by atoms with Gasteiger partial charge in [-0.2, -0.15) is 0 Å². The van der Waals surface area contributed by atoms with Gasteiger partial charge in [-0.1, -0.05) is 18.2 Å². The van der Waals surface area contributed by atoms with Crippen LogP contribution in [0.15, 0.2) is 42.5 Å². The monoisotopic (exact) mass is 420 g/mol. The summed E-state index contributed by atoms with van der Waals surface area (Å²) in [6.45, 7) is 7.67. The zero-order valence-corrected chi connectivity index (χ0v) is 18.6. The van der Waals surface area contributed by atoms with Gasteiger partial charge in [0.05, 0.1) is 6.42 Å². The zero-order chi connectivity index (χ0) is 21.8. The summed E-state index contributed by atoms with van der Waals surface area (Å²) in [5, 5.41) is 0. The summed E-state index contributed by atoms with van der Waals surface area (Å²) in [4.78, 5) is 29.6. The first-order valence-electron chi connectivity index (χ1n) is 11.4. The third-order valence-corrected chi connectivity index (χ3v) is 6.49. The molecule has 0 saturated carbocycles. The van der Waals surface area contributed by atoms with Crippen molar-refractivity contribution in [3.8, 4) is 5.75 Å². The van der Waals surface area contributed by atoms with Crippen molar-refractivity contribution in [3.63, 3.8) is 0 Å². The van der Waals surface area contributed by atoms with E-state index in [1.165, 1.54) is 24.0 Å². The predicted molar refractivity (Wildman–Crippen MR) is 121 cm³/mol. The van der Waals surface area contributed by atoms with Gasteiger partial charge in [-0.15, -0.1) is 0 Å². The Bertz CT molecular complexity index is 928.